The Kier molecular flexibility index (Phi) is 6.29. The highest BCUT2D eigenvalue weighted by molar-refractivity contribution is 7.99. The van der Waals surface area contributed by atoms with E-state index < -0.39 is 0 Å². The summed E-state index contributed by atoms with van der Waals surface area (Å²) in [6.07, 6.45) is 1.61. The van der Waals surface area contributed by atoms with Gasteiger partial charge in [0.1, 0.15) is 5.82 Å². The van der Waals surface area contributed by atoms with Gasteiger partial charge >= 0.3 is 0 Å². The van der Waals surface area contributed by atoms with E-state index in [0.29, 0.717) is 5.75 Å². The summed E-state index contributed by atoms with van der Waals surface area (Å²) in [5.74, 6) is 1.15. The molecule has 0 radical (unpaired) electrons. The average Bonchev–Trinajstić information content (AvgIpc) is 3.02. The number of hydrogen-bond donors (Lipinski definition) is 1. The van der Waals surface area contributed by atoms with Gasteiger partial charge in [-0.15, -0.1) is 10.2 Å². The molecule has 27 heavy (non-hydrogen) atoms. The SMILES string of the molecule is CCc1cccc(C)c1NC(=O)CSc1nnc(Cc2ccccc2)n1C. The highest BCUT2D eigenvalue weighted by atomic mass is 32.2. The van der Waals surface area contributed by atoms with Crippen LogP contribution in [0.3, 0.4) is 0 Å². The number of rotatable bonds is 7. The van der Waals surface area contributed by atoms with Crippen LogP contribution in [0, 0.1) is 6.92 Å². The molecular formula is C21H24N4OS. The fourth-order valence-electron chi connectivity index (χ4n) is 2.91. The monoisotopic (exact) mass is 380 g/mol. The molecule has 0 aliphatic carbocycles. The molecule has 0 aliphatic heterocycles. The third kappa shape index (κ3) is 4.77. The molecule has 0 saturated carbocycles. The minimum absolute atomic E-state index is 0.0309. The number of aromatic nitrogens is 3. The Morgan fingerprint density at radius 3 is 2.63 bits per heavy atom. The van der Waals surface area contributed by atoms with Crippen molar-refractivity contribution >= 4 is 23.4 Å². The van der Waals surface area contributed by atoms with Crippen molar-refractivity contribution in [2.75, 3.05) is 11.1 Å². The van der Waals surface area contributed by atoms with Crippen LogP contribution in [0.2, 0.25) is 0 Å². The topological polar surface area (TPSA) is 59.8 Å². The first-order valence-electron chi connectivity index (χ1n) is 9.01. The van der Waals surface area contributed by atoms with Gasteiger partial charge in [0.05, 0.1) is 5.75 Å². The Hall–Kier alpha value is -2.60. The van der Waals surface area contributed by atoms with Gasteiger partial charge in [0.15, 0.2) is 5.16 Å². The van der Waals surface area contributed by atoms with Crippen LogP contribution in [-0.2, 0) is 24.7 Å². The van der Waals surface area contributed by atoms with Crippen molar-refractivity contribution in [3.63, 3.8) is 0 Å². The number of carbonyl (C=O) groups is 1. The molecule has 6 heteroatoms. The molecule has 0 atom stereocenters. The van der Waals surface area contributed by atoms with E-state index in [9.17, 15) is 4.79 Å². The zero-order valence-electron chi connectivity index (χ0n) is 15.9. The van der Waals surface area contributed by atoms with Gasteiger partial charge in [0.25, 0.3) is 0 Å². The second kappa shape index (κ2) is 8.86. The van der Waals surface area contributed by atoms with E-state index in [2.05, 4.69) is 34.6 Å². The normalized spacial score (nSPS) is 10.8. The van der Waals surface area contributed by atoms with E-state index in [0.717, 1.165) is 40.6 Å². The van der Waals surface area contributed by atoms with Gasteiger partial charge < -0.3 is 9.88 Å². The van der Waals surface area contributed by atoms with E-state index in [1.807, 2.05) is 54.9 Å². The van der Waals surface area contributed by atoms with Crippen LogP contribution >= 0.6 is 11.8 Å². The summed E-state index contributed by atoms with van der Waals surface area (Å²) in [6, 6.07) is 16.3. The number of amides is 1. The van der Waals surface area contributed by atoms with E-state index >= 15 is 0 Å². The minimum Gasteiger partial charge on any atom is -0.325 e. The predicted molar refractivity (Wildman–Crippen MR) is 110 cm³/mol. The molecule has 0 fully saturated rings. The summed E-state index contributed by atoms with van der Waals surface area (Å²) in [5, 5.41) is 12.3. The number of nitrogens with zero attached hydrogens (tertiary/aromatic N) is 3. The third-order valence-electron chi connectivity index (χ3n) is 4.47. The number of benzene rings is 2. The standard InChI is InChI=1S/C21H24N4OS/c1-4-17-12-8-9-15(2)20(17)22-19(26)14-27-21-24-23-18(25(21)3)13-16-10-6-5-7-11-16/h5-12H,4,13-14H2,1-3H3,(H,22,26). The zero-order chi connectivity index (χ0) is 19.2. The molecule has 5 nitrogen and oxygen atoms in total. The summed E-state index contributed by atoms with van der Waals surface area (Å²) in [7, 11) is 1.94. The molecule has 1 amide bonds. The van der Waals surface area contributed by atoms with Crippen molar-refractivity contribution in [3.8, 4) is 0 Å². The molecule has 0 aliphatic rings. The number of anilines is 1. The maximum atomic E-state index is 12.4. The number of hydrogen-bond acceptors (Lipinski definition) is 4. The van der Waals surface area contributed by atoms with E-state index in [1.165, 1.54) is 17.3 Å². The van der Waals surface area contributed by atoms with Crippen LogP contribution in [0.5, 0.6) is 0 Å². The fourth-order valence-corrected chi connectivity index (χ4v) is 3.64. The Balaban J connectivity index is 1.61. The van der Waals surface area contributed by atoms with Gasteiger partial charge in [0, 0.05) is 19.2 Å². The van der Waals surface area contributed by atoms with Crippen molar-refractivity contribution < 1.29 is 4.79 Å². The highest BCUT2D eigenvalue weighted by Crippen LogP contribution is 2.22. The van der Waals surface area contributed by atoms with E-state index in [4.69, 9.17) is 0 Å². The van der Waals surface area contributed by atoms with Crippen molar-refractivity contribution in [1.29, 1.82) is 0 Å². The lowest BCUT2D eigenvalue weighted by atomic mass is 10.1. The number of aryl methyl sites for hydroxylation is 2. The van der Waals surface area contributed by atoms with Crippen molar-refractivity contribution in [3.05, 3.63) is 71.0 Å². The molecule has 0 bridgehead atoms. The van der Waals surface area contributed by atoms with E-state index in [-0.39, 0.29) is 5.91 Å². The molecule has 1 aromatic heterocycles. The third-order valence-corrected chi connectivity index (χ3v) is 5.49. The van der Waals surface area contributed by atoms with Gasteiger partial charge in [-0.1, -0.05) is 67.2 Å². The second-order valence-corrected chi connectivity index (χ2v) is 7.36. The molecule has 3 aromatic rings. The Morgan fingerprint density at radius 1 is 1.11 bits per heavy atom. The van der Waals surface area contributed by atoms with Gasteiger partial charge in [-0.05, 0) is 30.0 Å². The molecule has 0 saturated heterocycles. The summed E-state index contributed by atoms with van der Waals surface area (Å²) >= 11 is 1.40. The number of carbonyl (C=O) groups excluding carboxylic acids is 1. The summed E-state index contributed by atoms with van der Waals surface area (Å²) in [4.78, 5) is 12.4. The maximum absolute atomic E-state index is 12.4. The summed E-state index contributed by atoms with van der Waals surface area (Å²) in [5.41, 5.74) is 4.34. The van der Waals surface area contributed by atoms with Crippen LogP contribution in [0.4, 0.5) is 5.69 Å². The molecule has 1 N–H and O–H groups in total. The van der Waals surface area contributed by atoms with Crippen LogP contribution in [-0.4, -0.2) is 26.4 Å². The van der Waals surface area contributed by atoms with Gasteiger partial charge in [-0.3, -0.25) is 4.79 Å². The highest BCUT2D eigenvalue weighted by Gasteiger charge is 2.13. The fraction of sp³-hybridized carbons (Fsp3) is 0.286. The lowest BCUT2D eigenvalue weighted by Crippen LogP contribution is -2.16. The quantitative estimate of drug-likeness (QED) is 0.629. The van der Waals surface area contributed by atoms with Crippen molar-refractivity contribution in [2.45, 2.75) is 31.8 Å². The maximum Gasteiger partial charge on any atom is 0.234 e. The largest absolute Gasteiger partial charge is 0.325 e. The zero-order valence-corrected chi connectivity index (χ0v) is 16.7. The minimum atomic E-state index is -0.0309. The van der Waals surface area contributed by atoms with Crippen molar-refractivity contribution in [2.24, 2.45) is 7.05 Å². The van der Waals surface area contributed by atoms with E-state index in [1.54, 1.807) is 0 Å². The first-order chi connectivity index (χ1) is 13.1. The number of para-hydroxylation sites is 1. The van der Waals surface area contributed by atoms with Gasteiger partial charge in [-0.25, -0.2) is 0 Å². The molecule has 0 spiro atoms. The lowest BCUT2D eigenvalue weighted by molar-refractivity contribution is -0.113. The van der Waals surface area contributed by atoms with Crippen LogP contribution in [0.15, 0.2) is 53.7 Å². The van der Waals surface area contributed by atoms with Gasteiger partial charge in [-0.2, -0.15) is 0 Å². The first kappa shape index (κ1) is 19.2. The Labute approximate surface area is 164 Å². The van der Waals surface area contributed by atoms with Crippen LogP contribution < -0.4 is 5.32 Å². The molecule has 3 rings (SSSR count). The molecule has 2 aromatic carbocycles. The predicted octanol–water partition coefficient (Wildman–Crippen LogP) is 4.01. The molecule has 0 unspecified atom stereocenters. The summed E-state index contributed by atoms with van der Waals surface area (Å²) < 4.78 is 1.95. The Bertz CT molecular complexity index is 921. The number of thioether (sulfide) groups is 1. The smallest absolute Gasteiger partial charge is 0.234 e. The number of nitrogens with one attached hydrogen (secondary N) is 1. The Morgan fingerprint density at radius 2 is 1.89 bits per heavy atom. The molecular weight excluding hydrogens is 356 g/mol. The van der Waals surface area contributed by atoms with Crippen molar-refractivity contribution in [1.82, 2.24) is 14.8 Å². The summed E-state index contributed by atoms with van der Waals surface area (Å²) in [6.45, 7) is 4.10. The average molecular weight is 381 g/mol. The molecule has 140 valence electrons. The van der Waals surface area contributed by atoms with Crippen LogP contribution in [0.1, 0.15) is 29.4 Å². The van der Waals surface area contributed by atoms with Gasteiger partial charge in [0.2, 0.25) is 5.91 Å². The first-order valence-corrected chi connectivity index (χ1v) is 10.0. The molecule has 1 heterocycles. The second-order valence-electron chi connectivity index (χ2n) is 6.42. The van der Waals surface area contributed by atoms with Crippen LogP contribution in [0.25, 0.3) is 0 Å². The lowest BCUT2D eigenvalue weighted by Gasteiger charge is -2.12.